The lowest BCUT2D eigenvalue weighted by Gasteiger charge is -1.95. The van der Waals surface area contributed by atoms with E-state index in [9.17, 15) is 4.79 Å². The summed E-state index contributed by atoms with van der Waals surface area (Å²) in [6.45, 7) is 0. The van der Waals surface area contributed by atoms with Crippen LogP contribution < -0.4 is 17.0 Å². The molecule has 0 saturated heterocycles. The molecule has 4 heteroatoms. The van der Waals surface area contributed by atoms with Crippen molar-refractivity contribution in [3.63, 3.8) is 0 Å². The van der Waals surface area contributed by atoms with Crippen LogP contribution in [-0.4, -0.2) is 5.91 Å². The smallest absolute Gasteiger partial charge is 0.257 e. The van der Waals surface area contributed by atoms with Crippen LogP contribution in [0.2, 0.25) is 0 Å². The van der Waals surface area contributed by atoms with Crippen LogP contribution in [0.3, 0.4) is 0 Å². The number of nitrogens with two attached hydrogens (primary N) is 2. The zero-order valence-corrected chi connectivity index (χ0v) is 7.03. The van der Waals surface area contributed by atoms with Crippen LogP contribution in [0.4, 0.5) is 5.69 Å². The molecular weight excluding hydrogens is 166 g/mol. The second kappa shape index (κ2) is 4.27. The van der Waals surface area contributed by atoms with Crippen LogP contribution in [0, 0.1) is 0 Å². The molecule has 5 N–H and O–H groups in total. The summed E-state index contributed by atoms with van der Waals surface area (Å²) in [5, 5.41) is 0. The molecule has 1 amide bonds. The Morgan fingerprint density at radius 1 is 1.46 bits per heavy atom. The first-order valence-electron chi connectivity index (χ1n) is 3.76. The summed E-state index contributed by atoms with van der Waals surface area (Å²) in [6.07, 6.45) is 2.98. The fraction of sp³-hybridized carbons (Fsp3) is 0. The summed E-state index contributed by atoms with van der Waals surface area (Å²) in [5.74, 6) is 4.55. The number of hydrogen-bond donors (Lipinski definition) is 3. The van der Waals surface area contributed by atoms with Gasteiger partial charge < -0.3 is 5.73 Å². The molecule has 0 unspecified atom stereocenters. The van der Waals surface area contributed by atoms with Crippen molar-refractivity contribution < 1.29 is 4.79 Å². The van der Waals surface area contributed by atoms with Gasteiger partial charge in [-0.15, -0.1) is 0 Å². The normalized spacial score (nSPS) is 10.2. The van der Waals surface area contributed by atoms with Gasteiger partial charge in [-0.2, -0.15) is 0 Å². The number of nitrogen functional groups attached to an aromatic ring is 1. The Hall–Kier alpha value is -1.81. The predicted molar refractivity (Wildman–Crippen MR) is 52.2 cm³/mol. The highest BCUT2D eigenvalue weighted by Crippen LogP contribution is 2.07. The van der Waals surface area contributed by atoms with Crippen LogP contribution in [-0.2, 0) is 4.79 Å². The first-order chi connectivity index (χ1) is 6.22. The molecule has 0 saturated carbocycles. The minimum Gasteiger partial charge on any atom is -0.399 e. The van der Waals surface area contributed by atoms with Crippen LogP contribution in [0.15, 0.2) is 30.3 Å². The SMILES string of the molecule is NNC(=O)/C=C/c1cccc(N)c1. The number of carbonyl (C=O) groups excluding carboxylic acids is 1. The van der Waals surface area contributed by atoms with Crippen molar-refractivity contribution in [1.82, 2.24) is 5.43 Å². The van der Waals surface area contributed by atoms with E-state index in [1.54, 1.807) is 18.2 Å². The van der Waals surface area contributed by atoms with Gasteiger partial charge in [0.1, 0.15) is 0 Å². The van der Waals surface area contributed by atoms with E-state index >= 15 is 0 Å². The van der Waals surface area contributed by atoms with E-state index in [1.807, 2.05) is 17.6 Å². The van der Waals surface area contributed by atoms with Crippen molar-refractivity contribution in [1.29, 1.82) is 0 Å². The monoisotopic (exact) mass is 177 g/mol. The number of benzene rings is 1. The summed E-state index contributed by atoms with van der Waals surface area (Å²) in [7, 11) is 0. The molecule has 1 aromatic rings. The van der Waals surface area contributed by atoms with Crippen LogP contribution >= 0.6 is 0 Å². The van der Waals surface area contributed by atoms with Gasteiger partial charge in [-0.1, -0.05) is 12.1 Å². The summed E-state index contributed by atoms with van der Waals surface area (Å²) in [5.41, 5.74) is 9.06. The van der Waals surface area contributed by atoms with Crippen LogP contribution in [0.25, 0.3) is 6.08 Å². The topological polar surface area (TPSA) is 81.1 Å². The summed E-state index contributed by atoms with van der Waals surface area (Å²) >= 11 is 0. The highest BCUT2D eigenvalue weighted by Gasteiger charge is 1.90. The Bertz CT molecular complexity index is 333. The van der Waals surface area contributed by atoms with Crippen molar-refractivity contribution in [3.8, 4) is 0 Å². The Kier molecular flexibility index (Phi) is 3.05. The van der Waals surface area contributed by atoms with Gasteiger partial charge in [0.2, 0.25) is 0 Å². The quantitative estimate of drug-likeness (QED) is 0.199. The van der Waals surface area contributed by atoms with Gasteiger partial charge in [-0.05, 0) is 23.8 Å². The molecular formula is C9H11N3O. The summed E-state index contributed by atoms with van der Waals surface area (Å²) < 4.78 is 0. The van der Waals surface area contributed by atoms with Gasteiger partial charge in [-0.3, -0.25) is 10.2 Å². The number of hydrazine groups is 1. The molecule has 0 atom stereocenters. The lowest BCUT2D eigenvalue weighted by molar-refractivity contribution is -0.116. The van der Waals surface area contributed by atoms with Crippen molar-refractivity contribution in [2.45, 2.75) is 0 Å². The van der Waals surface area contributed by atoms with E-state index in [4.69, 9.17) is 11.6 Å². The zero-order chi connectivity index (χ0) is 9.68. The van der Waals surface area contributed by atoms with Crippen molar-refractivity contribution in [3.05, 3.63) is 35.9 Å². The number of anilines is 1. The highest BCUT2D eigenvalue weighted by molar-refractivity contribution is 5.91. The van der Waals surface area contributed by atoms with Crippen molar-refractivity contribution in [2.75, 3.05) is 5.73 Å². The molecule has 0 aliphatic rings. The van der Waals surface area contributed by atoms with Crippen molar-refractivity contribution >= 4 is 17.7 Å². The molecule has 0 heterocycles. The van der Waals surface area contributed by atoms with E-state index in [1.165, 1.54) is 6.08 Å². The Balaban J connectivity index is 2.74. The lowest BCUT2D eigenvalue weighted by atomic mass is 10.2. The van der Waals surface area contributed by atoms with Gasteiger partial charge in [0.15, 0.2) is 0 Å². The minimum absolute atomic E-state index is 0.345. The lowest BCUT2D eigenvalue weighted by Crippen LogP contribution is -2.27. The number of amides is 1. The molecule has 0 radical (unpaired) electrons. The van der Waals surface area contributed by atoms with E-state index in [0.29, 0.717) is 5.69 Å². The number of nitrogens with one attached hydrogen (secondary N) is 1. The van der Waals surface area contributed by atoms with E-state index in [0.717, 1.165) is 5.56 Å². The second-order valence-corrected chi connectivity index (χ2v) is 2.51. The van der Waals surface area contributed by atoms with Crippen molar-refractivity contribution in [2.24, 2.45) is 5.84 Å². The Labute approximate surface area is 76.2 Å². The number of rotatable bonds is 2. The van der Waals surface area contributed by atoms with E-state index in [-0.39, 0.29) is 5.91 Å². The van der Waals surface area contributed by atoms with Crippen LogP contribution in [0.1, 0.15) is 5.56 Å². The Morgan fingerprint density at radius 3 is 2.85 bits per heavy atom. The van der Waals surface area contributed by atoms with Gasteiger partial charge >= 0.3 is 0 Å². The first kappa shape index (κ1) is 9.28. The molecule has 0 aromatic heterocycles. The Morgan fingerprint density at radius 2 is 2.23 bits per heavy atom. The van der Waals surface area contributed by atoms with E-state index < -0.39 is 0 Å². The van der Waals surface area contributed by atoms with E-state index in [2.05, 4.69) is 0 Å². The highest BCUT2D eigenvalue weighted by atomic mass is 16.2. The average molecular weight is 177 g/mol. The zero-order valence-electron chi connectivity index (χ0n) is 7.03. The maximum absolute atomic E-state index is 10.7. The fourth-order valence-corrected chi connectivity index (χ4v) is 0.883. The molecule has 1 aromatic carbocycles. The van der Waals surface area contributed by atoms with Gasteiger partial charge in [-0.25, -0.2) is 5.84 Å². The molecule has 0 aliphatic heterocycles. The first-order valence-corrected chi connectivity index (χ1v) is 3.76. The fourth-order valence-electron chi connectivity index (χ4n) is 0.883. The van der Waals surface area contributed by atoms with Crippen LogP contribution in [0.5, 0.6) is 0 Å². The third-order valence-electron chi connectivity index (χ3n) is 1.48. The molecule has 13 heavy (non-hydrogen) atoms. The third kappa shape index (κ3) is 2.96. The summed E-state index contributed by atoms with van der Waals surface area (Å²) in [4.78, 5) is 10.7. The largest absolute Gasteiger partial charge is 0.399 e. The minimum atomic E-state index is -0.345. The molecule has 68 valence electrons. The summed E-state index contributed by atoms with van der Waals surface area (Å²) in [6, 6.07) is 7.20. The number of carbonyl (C=O) groups is 1. The second-order valence-electron chi connectivity index (χ2n) is 2.51. The molecule has 4 nitrogen and oxygen atoms in total. The molecule has 0 bridgehead atoms. The molecule has 0 spiro atoms. The van der Waals surface area contributed by atoms with Gasteiger partial charge in [0.25, 0.3) is 5.91 Å². The standard InChI is InChI=1S/C9H11N3O/c10-8-3-1-2-7(6-8)4-5-9(13)12-11/h1-6H,10-11H2,(H,12,13)/b5-4+. The molecule has 1 rings (SSSR count). The molecule has 0 fully saturated rings. The average Bonchev–Trinajstić information content (AvgIpc) is 2.14. The maximum Gasteiger partial charge on any atom is 0.257 e. The predicted octanol–water partition coefficient (Wildman–Crippen LogP) is 0.272. The van der Waals surface area contributed by atoms with Gasteiger partial charge in [0, 0.05) is 11.8 Å². The number of hydrogen-bond acceptors (Lipinski definition) is 3. The third-order valence-corrected chi connectivity index (χ3v) is 1.48. The molecule has 0 aliphatic carbocycles. The maximum atomic E-state index is 10.7. The van der Waals surface area contributed by atoms with Gasteiger partial charge in [0.05, 0.1) is 0 Å².